The van der Waals surface area contributed by atoms with Gasteiger partial charge in [0.05, 0.1) is 27.2 Å². The highest BCUT2D eigenvalue weighted by Crippen LogP contribution is 2.39. The van der Waals surface area contributed by atoms with Crippen molar-refractivity contribution in [3.63, 3.8) is 0 Å². The van der Waals surface area contributed by atoms with Crippen LogP contribution in [0.5, 0.6) is 0 Å². The van der Waals surface area contributed by atoms with E-state index in [1.54, 1.807) is 29.3 Å². The number of halogens is 2. The molecule has 2 aliphatic rings. The van der Waals surface area contributed by atoms with Crippen molar-refractivity contribution < 1.29 is 4.79 Å². The van der Waals surface area contributed by atoms with E-state index in [9.17, 15) is 4.79 Å². The summed E-state index contributed by atoms with van der Waals surface area (Å²) in [6, 6.07) is 9.47. The molecule has 0 atom stereocenters. The van der Waals surface area contributed by atoms with E-state index < -0.39 is 0 Å². The number of aromatic nitrogens is 2. The van der Waals surface area contributed by atoms with Crippen molar-refractivity contribution in [2.75, 3.05) is 22.6 Å². The van der Waals surface area contributed by atoms with Crippen LogP contribution in [-0.2, 0) is 19.4 Å². The molecule has 2 aromatic carbocycles. The van der Waals surface area contributed by atoms with E-state index in [4.69, 9.17) is 23.2 Å². The van der Waals surface area contributed by atoms with E-state index >= 15 is 0 Å². The lowest BCUT2D eigenvalue weighted by atomic mass is 9.93. The van der Waals surface area contributed by atoms with Crippen molar-refractivity contribution in [3.8, 4) is 0 Å². The van der Waals surface area contributed by atoms with Crippen molar-refractivity contribution in [1.29, 1.82) is 0 Å². The number of allylic oxidation sites excluding steroid dienone is 1. The number of para-hydroxylation sites is 1. The van der Waals surface area contributed by atoms with Gasteiger partial charge in [0.15, 0.2) is 0 Å². The number of hydrogen-bond acceptors (Lipinski definition) is 6. The Morgan fingerprint density at radius 1 is 1.27 bits per heavy atom. The number of carbonyl (C=O) groups excluding carboxylic acids is 1. The van der Waals surface area contributed by atoms with Gasteiger partial charge in [-0.05, 0) is 60.3 Å². The summed E-state index contributed by atoms with van der Waals surface area (Å²) >= 11 is 14.1. The maximum Gasteiger partial charge on any atom is 0.263 e. The highest BCUT2D eigenvalue weighted by Gasteiger charge is 2.30. The molecule has 2 aliphatic heterocycles. The minimum atomic E-state index is -0.222. The summed E-state index contributed by atoms with van der Waals surface area (Å²) in [7, 11) is 0. The second-order valence-corrected chi connectivity index (χ2v) is 9.55. The zero-order chi connectivity index (χ0) is 22.9. The lowest BCUT2D eigenvalue weighted by Crippen LogP contribution is -2.35. The molecular weight excluding hydrogens is 477 g/mol. The molecule has 9 heteroatoms. The Bertz CT molecular complexity index is 1250. The molecule has 1 aromatic heterocycles. The van der Waals surface area contributed by atoms with Crippen molar-refractivity contribution in [1.82, 2.24) is 15.3 Å². The average molecular weight is 498 g/mol. The second-order valence-electron chi connectivity index (χ2n) is 7.81. The van der Waals surface area contributed by atoms with Gasteiger partial charge in [-0.3, -0.25) is 9.69 Å². The molecule has 1 amide bonds. The Balaban J connectivity index is 1.42. The third kappa shape index (κ3) is 4.34. The van der Waals surface area contributed by atoms with Gasteiger partial charge in [0.25, 0.3) is 5.91 Å². The molecule has 3 aromatic rings. The fourth-order valence-corrected chi connectivity index (χ4v) is 5.69. The highest BCUT2D eigenvalue weighted by atomic mass is 35.5. The van der Waals surface area contributed by atoms with Gasteiger partial charge in [0.1, 0.15) is 5.03 Å². The summed E-state index contributed by atoms with van der Waals surface area (Å²) < 4.78 is 0. The molecule has 168 valence electrons. The zero-order valence-electron chi connectivity index (χ0n) is 17.7. The topological polar surface area (TPSA) is 70.2 Å². The number of benzene rings is 2. The Kier molecular flexibility index (Phi) is 6.29. The van der Waals surface area contributed by atoms with Crippen LogP contribution in [0.1, 0.15) is 27.0 Å². The fourth-order valence-electron chi connectivity index (χ4n) is 4.15. The predicted molar refractivity (Wildman–Crippen MR) is 135 cm³/mol. The monoisotopic (exact) mass is 497 g/mol. The highest BCUT2D eigenvalue weighted by molar-refractivity contribution is 7.99. The number of carbonyl (C=O) groups is 1. The van der Waals surface area contributed by atoms with Gasteiger partial charge in [-0.15, -0.1) is 6.58 Å². The molecule has 2 N–H and O–H groups in total. The zero-order valence-corrected chi connectivity index (χ0v) is 20.0. The summed E-state index contributed by atoms with van der Waals surface area (Å²) in [5.74, 6) is 0.595. The van der Waals surface area contributed by atoms with Crippen LogP contribution in [0.4, 0.5) is 17.3 Å². The first-order valence-corrected chi connectivity index (χ1v) is 12.3. The number of nitrogens with one attached hydrogen (secondary N) is 2. The van der Waals surface area contributed by atoms with Gasteiger partial charge < -0.3 is 10.6 Å². The smallest absolute Gasteiger partial charge is 0.263 e. The van der Waals surface area contributed by atoms with E-state index in [0.717, 1.165) is 31.6 Å². The maximum absolute atomic E-state index is 13.1. The first-order valence-electron chi connectivity index (χ1n) is 10.5. The predicted octanol–water partition coefficient (Wildman–Crippen LogP) is 5.61. The van der Waals surface area contributed by atoms with Gasteiger partial charge in [-0.2, -0.15) is 0 Å². The Morgan fingerprint density at radius 2 is 2.09 bits per heavy atom. The molecule has 0 fully saturated rings. The van der Waals surface area contributed by atoms with Crippen molar-refractivity contribution >= 4 is 58.2 Å². The number of rotatable bonds is 5. The van der Waals surface area contributed by atoms with E-state index in [-0.39, 0.29) is 5.91 Å². The molecule has 0 saturated carbocycles. The average Bonchev–Trinajstić information content (AvgIpc) is 2.80. The number of hydrogen-bond donors (Lipinski definition) is 2. The van der Waals surface area contributed by atoms with Crippen LogP contribution in [-0.4, -0.2) is 28.3 Å². The minimum absolute atomic E-state index is 0.222. The SMILES string of the molecule is C=CCc1cc(Nc2ncc3c(n2)SCN(c2c(Cl)cccc2Cl)C3=O)cc2c1CNCC2. The fraction of sp³-hybridized carbons (Fsp3) is 0.208. The molecule has 0 spiro atoms. The Hall–Kier alpha value is -2.58. The minimum Gasteiger partial charge on any atom is -0.324 e. The van der Waals surface area contributed by atoms with Gasteiger partial charge in [-0.1, -0.05) is 47.1 Å². The summed E-state index contributed by atoms with van der Waals surface area (Å²) in [4.78, 5) is 23.7. The number of anilines is 3. The van der Waals surface area contributed by atoms with E-state index in [1.807, 2.05) is 6.08 Å². The normalized spacial score (nSPS) is 15.1. The number of amides is 1. The summed E-state index contributed by atoms with van der Waals surface area (Å²) in [6.45, 7) is 5.73. The number of fused-ring (bicyclic) bond motifs is 2. The lowest BCUT2D eigenvalue weighted by molar-refractivity contribution is 0.0985. The quantitative estimate of drug-likeness (QED) is 0.352. The largest absolute Gasteiger partial charge is 0.324 e. The van der Waals surface area contributed by atoms with Gasteiger partial charge in [0.2, 0.25) is 5.95 Å². The van der Waals surface area contributed by atoms with E-state index in [2.05, 4.69) is 39.3 Å². The van der Waals surface area contributed by atoms with Crippen LogP contribution in [0, 0.1) is 0 Å². The van der Waals surface area contributed by atoms with Crippen molar-refractivity contribution in [2.24, 2.45) is 0 Å². The molecule has 33 heavy (non-hydrogen) atoms. The van der Waals surface area contributed by atoms with Gasteiger partial charge in [0, 0.05) is 18.4 Å². The third-order valence-corrected chi connectivity index (χ3v) is 7.28. The maximum atomic E-state index is 13.1. The molecule has 0 aliphatic carbocycles. The second kappa shape index (κ2) is 9.35. The van der Waals surface area contributed by atoms with E-state index in [1.165, 1.54) is 28.5 Å². The van der Waals surface area contributed by atoms with Crippen molar-refractivity contribution in [2.45, 2.75) is 24.4 Å². The number of nitrogens with zero attached hydrogens (tertiary/aromatic N) is 3. The van der Waals surface area contributed by atoms with Gasteiger partial charge >= 0.3 is 0 Å². The van der Waals surface area contributed by atoms with Crippen molar-refractivity contribution in [3.05, 3.63) is 81.5 Å². The molecule has 0 saturated heterocycles. The molecule has 0 unspecified atom stereocenters. The van der Waals surface area contributed by atoms with Crippen LogP contribution in [0.3, 0.4) is 0 Å². The molecule has 0 bridgehead atoms. The summed E-state index contributed by atoms with van der Waals surface area (Å²) in [5.41, 5.74) is 5.78. The Morgan fingerprint density at radius 3 is 2.88 bits per heavy atom. The van der Waals surface area contributed by atoms with Gasteiger partial charge in [-0.25, -0.2) is 9.97 Å². The molecule has 3 heterocycles. The van der Waals surface area contributed by atoms with E-state index in [0.29, 0.717) is 38.1 Å². The first-order chi connectivity index (χ1) is 16.0. The van der Waals surface area contributed by atoms with Crippen LogP contribution in [0.15, 0.2) is 54.2 Å². The van der Waals surface area contributed by atoms with Crippen LogP contribution >= 0.6 is 35.0 Å². The first kappa shape index (κ1) is 22.2. The molecular formula is C24H21Cl2N5OS. The van der Waals surface area contributed by atoms with Crippen LogP contribution in [0.25, 0.3) is 0 Å². The molecule has 0 radical (unpaired) electrons. The number of thioether (sulfide) groups is 1. The summed E-state index contributed by atoms with van der Waals surface area (Å²) in [6.07, 6.45) is 5.26. The van der Waals surface area contributed by atoms with Crippen LogP contribution < -0.4 is 15.5 Å². The van der Waals surface area contributed by atoms with Crippen LogP contribution in [0.2, 0.25) is 10.0 Å². The third-order valence-electron chi connectivity index (χ3n) is 5.70. The standard InChI is InChI=1S/C24H21Cl2N5OS/c1-2-4-14-9-16(10-15-7-8-27-11-17(14)15)29-24-28-12-18-22(30-24)33-13-31(23(18)32)21-19(25)5-3-6-20(21)26/h2-3,5-6,9-10,12,27H,1,4,7-8,11,13H2,(H,28,29,30). The summed E-state index contributed by atoms with van der Waals surface area (Å²) in [5, 5.41) is 8.24. The molecule has 5 rings (SSSR count). The molecule has 6 nitrogen and oxygen atoms in total. The Labute approximate surface area is 206 Å². The lowest BCUT2D eigenvalue weighted by Gasteiger charge is -2.28.